The topological polar surface area (TPSA) is 72.0 Å². The van der Waals surface area contributed by atoms with Crippen LogP contribution in [0.2, 0.25) is 5.02 Å². The minimum absolute atomic E-state index is 0.0874. The van der Waals surface area contributed by atoms with Crippen LogP contribution < -0.4 is 4.72 Å². The molecule has 0 unspecified atom stereocenters. The first-order chi connectivity index (χ1) is 8.49. The van der Waals surface area contributed by atoms with E-state index in [0.717, 1.165) is 0 Å². The molecule has 8 heteroatoms. The molecule has 0 aliphatic heterocycles. The molecule has 1 aromatic heterocycles. The van der Waals surface area contributed by atoms with E-state index in [4.69, 9.17) is 11.6 Å². The minimum atomic E-state index is -3.69. The maximum atomic E-state index is 12.0. The molecular formula is C10H7BrClN3O2S. The van der Waals surface area contributed by atoms with Crippen LogP contribution in [0.1, 0.15) is 0 Å². The second kappa shape index (κ2) is 5.21. The van der Waals surface area contributed by atoms with E-state index in [2.05, 4.69) is 30.8 Å². The van der Waals surface area contributed by atoms with Crippen molar-refractivity contribution in [1.29, 1.82) is 0 Å². The molecule has 94 valence electrons. The second-order valence-corrected chi connectivity index (χ2v) is 6.23. The molecule has 0 aliphatic rings. The van der Waals surface area contributed by atoms with Crippen molar-refractivity contribution in [3.05, 3.63) is 46.0 Å². The molecule has 2 rings (SSSR count). The van der Waals surface area contributed by atoms with Gasteiger partial charge in [-0.1, -0.05) is 11.6 Å². The second-order valence-electron chi connectivity index (χ2n) is 3.29. The van der Waals surface area contributed by atoms with Gasteiger partial charge in [-0.3, -0.25) is 4.72 Å². The maximum Gasteiger partial charge on any atom is 0.263 e. The smallest absolute Gasteiger partial charge is 0.262 e. The number of aromatic nitrogens is 2. The van der Waals surface area contributed by atoms with Crippen LogP contribution in [-0.4, -0.2) is 18.6 Å². The summed E-state index contributed by atoms with van der Waals surface area (Å²) in [6.45, 7) is 0. The Morgan fingerprint density at radius 1 is 1.28 bits per heavy atom. The zero-order valence-corrected chi connectivity index (χ0v) is 12.0. The minimum Gasteiger partial charge on any atom is -0.262 e. The number of anilines is 1. The molecule has 18 heavy (non-hydrogen) atoms. The fourth-order valence-electron chi connectivity index (χ4n) is 1.20. The molecule has 0 radical (unpaired) electrons. The van der Waals surface area contributed by atoms with Gasteiger partial charge in [0.05, 0.1) is 9.92 Å². The Balaban J connectivity index is 2.34. The molecule has 1 N–H and O–H groups in total. The molecule has 0 spiro atoms. The number of halogens is 2. The Bertz CT molecular complexity index is 664. The van der Waals surface area contributed by atoms with Crippen molar-refractivity contribution in [2.24, 2.45) is 0 Å². The van der Waals surface area contributed by atoms with Crippen molar-refractivity contribution in [3.63, 3.8) is 0 Å². The molecule has 0 saturated heterocycles. The van der Waals surface area contributed by atoms with Gasteiger partial charge in [0, 0.05) is 10.7 Å². The summed E-state index contributed by atoms with van der Waals surface area (Å²) in [6.07, 6.45) is 1.46. The molecule has 0 saturated carbocycles. The van der Waals surface area contributed by atoms with Crippen LogP contribution >= 0.6 is 27.5 Å². The predicted molar refractivity (Wildman–Crippen MR) is 72.0 cm³/mol. The van der Waals surface area contributed by atoms with Crippen LogP contribution in [0, 0.1) is 0 Å². The summed E-state index contributed by atoms with van der Waals surface area (Å²) in [7, 11) is -3.69. The molecule has 0 atom stereocenters. The van der Waals surface area contributed by atoms with E-state index in [9.17, 15) is 8.42 Å². The molecule has 0 fully saturated rings. The third-order valence-electron chi connectivity index (χ3n) is 2.01. The lowest BCUT2D eigenvalue weighted by molar-refractivity contribution is 0.601. The van der Waals surface area contributed by atoms with Crippen molar-refractivity contribution >= 4 is 43.4 Å². The molecule has 0 amide bonds. The van der Waals surface area contributed by atoms with Gasteiger partial charge < -0.3 is 0 Å². The highest BCUT2D eigenvalue weighted by molar-refractivity contribution is 9.10. The summed E-state index contributed by atoms with van der Waals surface area (Å²) in [6, 6.07) is 7.42. The van der Waals surface area contributed by atoms with Gasteiger partial charge in [0.15, 0.2) is 5.82 Å². The summed E-state index contributed by atoms with van der Waals surface area (Å²) in [5.41, 5.74) is 0. The van der Waals surface area contributed by atoms with Crippen LogP contribution in [-0.2, 0) is 10.0 Å². The quantitative estimate of drug-likeness (QED) is 0.925. The van der Waals surface area contributed by atoms with Crippen LogP contribution in [0.15, 0.2) is 45.9 Å². The number of sulfonamides is 1. The normalized spacial score (nSPS) is 11.2. The number of hydrogen-bond donors (Lipinski definition) is 1. The fraction of sp³-hybridized carbons (Fsp3) is 0. The van der Waals surface area contributed by atoms with Crippen LogP contribution in [0.4, 0.5) is 5.82 Å². The first kappa shape index (κ1) is 13.3. The van der Waals surface area contributed by atoms with Gasteiger partial charge in [-0.05, 0) is 46.3 Å². The number of nitrogens with one attached hydrogen (secondary N) is 1. The fourth-order valence-corrected chi connectivity index (χ4v) is 2.87. The summed E-state index contributed by atoms with van der Waals surface area (Å²) in [4.78, 5) is 0.0874. The van der Waals surface area contributed by atoms with E-state index < -0.39 is 10.0 Å². The van der Waals surface area contributed by atoms with Crippen LogP contribution in [0.3, 0.4) is 0 Å². The lowest BCUT2D eigenvalue weighted by Crippen LogP contribution is -2.14. The summed E-state index contributed by atoms with van der Waals surface area (Å²) in [5.74, 6) is 0.156. The number of hydrogen-bond acceptors (Lipinski definition) is 4. The van der Waals surface area contributed by atoms with E-state index >= 15 is 0 Å². The van der Waals surface area contributed by atoms with Gasteiger partial charge in [-0.15, -0.1) is 5.10 Å². The average Bonchev–Trinajstić information content (AvgIpc) is 2.33. The summed E-state index contributed by atoms with van der Waals surface area (Å²) >= 11 is 8.98. The van der Waals surface area contributed by atoms with Gasteiger partial charge in [0.2, 0.25) is 0 Å². The third-order valence-corrected chi connectivity index (χ3v) is 4.58. The van der Waals surface area contributed by atoms with Gasteiger partial charge in [0.1, 0.15) is 0 Å². The van der Waals surface area contributed by atoms with Crippen molar-refractivity contribution in [3.8, 4) is 0 Å². The van der Waals surface area contributed by atoms with Gasteiger partial charge in [-0.2, -0.15) is 5.10 Å². The zero-order chi connectivity index (χ0) is 13.2. The molecule has 0 bridgehead atoms. The van der Waals surface area contributed by atoms with Crippen LogP contribution in [0.5, 0.6) is 0 Å². The van der Waals surface area contributed by atoms with Gasteiger partial charge in [-0.25, -0.2) is 8.42 Å². The average molecular weight is 349 g/mol. The van der Waals surface area contributed by atoms with Gasteiger partial charge in [0.25, 0.3) is 10.0 Å². The monoisotopic (exact) mass is 347 g/mol. The number of nitrogens with zero attached hydrogens (tertiary/aromatic N) is 2. The van der Waals surface area contributed by atoms with E-state index in [1.165, 1.54) is 30.5 Å². The third kappa shape index (κ3) is 2.98. The molecule has 5 nitrogen and oxygen atoms in total. The zero-order valence-electron chi connectivity index (χ0n) is 8.84. The number of rotatable bonds is 3. The van der Waals surface area contributed by atoms with Crippen molar-refractivity contribution in [2.75, 3.05) is 4.72 Å². The Morgan fingerprint density at radius 3 is 2.67 bits per heavy atom. The number of benzene rings is 1. The summed E-state index contributed by atoms with van der Waals surface area (Å²) in [5, 5.41) is 7.68. The van der Waals surface area contributed by atoms with Crippen molar-refractivity contribution in [1.82, 2.24) is 10.2 Å². The lowest BCUT2D eigenvalue weighted by Gasteiger charge is -2.07. The van der Waals surface area contributed by atoms with E-state index in [-0.39, 0.29) is 10.7 Å². The Morgan fingerprint density at radius 2 is 2.06 bits per heavy atom. The molecule has 0 aliphatic carbocycles. The van der Waals surface area contributed by atoms with Crippen LogP contribution in [0.25, 0.3) is 0 Å². The first-order valence-electron chi connectivity index (χ1n) is 4.74. The first-order valence-corrected chi connectivity index (χ1v) is 7.40. The Labute approximate surface area is 117 Å². The predicted octanol–water partition coefficient (Wildman–Crippen LogP) is 2.69. The maximum absolute atomic E-state index is 12.0. The SMILES string of the molecule is O=S(=O)(Nc1cccnn1)c1ccc(Cl)c(Br)c1. The van der Waals surface area contributed by atoms with E-state index in [1.807, 2.05) is 0 Å². The van der Waals surface area contributed by atoms with Crippen molar-refractivity contribution < 1.29 is 8.42 Å². The highest BCUT2D eigenvalue weighted by Crippen LogP contribution is 2.26. The standard InChI is InChI=1S/C10H7BrClN3O2S/c11-8-6-7(3-4-9(8)12)18(16,17)15-10-2-1-5-13-14-10/h1-6H,(H,14,15). The van der Waals surface area contributed by atoms with E-state index in [0.29, 0.717) is 9.50 Å². The Hall–Kier alpha value is -1.18. The molecular weight excluding hydrogens is 342 g/mol. The largest absolute Gasteiger partial charge is 0.263 e. The van der Waals surface area contributed by atoms with Gasteiger partial charge >= 0.3 is 0 Å². The van der Waals surface area contributed by atoms with E-state index in [1.54, 1.807) is 6.07 Å². The van der Waals surface area contributed by atoms with Crippen molar-refractivity contribution in [2.45, 2.75) is 4.90 Å². The highest BCUT2D eigenvalue weighted by atomic mass is 79.9. The molecule has 1 aromatic carbocycles. The summed E-state index contributed by atoms with van der Waals surface area (Å²) < 4.78 is 26.9. The lowest BCUT2D eigenvalue weighted by atomic mass is 10.4. The molecule has 2 aromatic rings. The molecule has 1 heterocycles. The Kier molecular flexibility index (Phi) is 3.84. The highest BCUT2D eigenvalue weighted by Gasteiger charge is 2.16.